The number of benzene rings is 1. The van der Waals surface area contributed by atoms with Crippen molar-refractivity contribution in [2.45, 2.75) is 26.2 Å². The second-order valence-corrected chi connectivity index (χ2v) is 8.24. The Bertz CT molecular complexity index is 592. The molecule has 0 saturated carbocycles. The molecule has 0 atom stereocenters. The predicted molar refractivity (Wildman–Crippen MR) is 92.7 cm³/mol. The Balaban J connectivity index is 2.02. The number of anilines is 1. The van der Waals surface area contributed by atoms with E-state index in [-0.39, 0.29) is 5.91 Å². The van der Waals surface area contributed by atoms with Crippen molar-refractivity contribution in [1.29, 1.82) is 0 Å². The van der Waals surface area contributed by atoms with Gasteiger partial charge < -0.3 is 5.32 Å². The maximum absolute atomic E-state index is 12.1. The predicted octanol–water partition coefficient (Wildman–Crippen LogP) is 5.87. The molecule has 1 aromatic heterocycles. The Kier molecular flexibility index (Phi) is 5.81. The topological polar surface area (TPSA) is 29.1 Å². The number of halogens is 2. The molecule has 5 heteroatoms. The largest absolute Gasteiger partial charge is 0.322 e. The van der Waals surface area contributed by atoms with Gasteiger partial charge >= 0.3 is 0 Å². The van der Waals surface area contributed by atoms with Crippen LogP contribution in [0.4, 0.5) is 5.69 Å². The number of carbonyl (C=O) groups is 1. The van der Waals surface area contributed by atoms with Gasteiger partial charge in [-0.25, -0.2) is 0 Å². The Morgan fingerprint density at radius 3 is 2.50 bits per heavy atom. The normalized spacial score (nSPS) is 10.6. The SMILES string of the molecule is CCCCc1ccc(NC(=O)c2cc(Br)sc2Br)cc1. The highest BCUT2D eigenvalue weighted by Gasteiger charge is 2.13. The molecule has 1 N–H and O–H groups in total. The number of rotatable bonds is 5. The second-order valence-electron chi connectivity index (χ2n) is 4.49. The molecule has 0 unspecified atom stereocenters. The summed E-state index contributed by atoms with van der Waals surface area (Å²) >= 11 is 8.27. The molecule has 2 aromatic rings. The molecule has 0 aliphatic rings. The van der Waals surface area contributed by atoms with Crippen molar-refractivity contribution in [3.8, 4) is 0 Å². The van der Waals surface area contributed by atoms with Crippen LogP contribution in [-0.4, -0.2) is 5.91 Å². The van der Waals surface area contributed by atoms with E-state index < -0.39 is 0 Å². The summed E-state index contributed by atoms with van der Waals surface area (Å²) in [5, 5.41) is 2.91. The van der Waals surface area contributed by atoms with Crippen molar-refractivity contribution in [3.63, 3.8) is 0 Å². The number of aryl methyl sites for hydroxylation is 1. The lowest BCUT2D eigenvalue weighted by molar-refractivity contribution is 0.102. The third-order valence-electron chi connectivity index (χ3n) is 2.93. The van der Waals surface area contributed by atoms with Crippen LogP contribution in [0.2, 0.25) is 0 Å². The van der Waals surface area contributed by atoms with Crippen LogP contribution in [0.15, 0.2) is 37.9 Å². The van der Waals surface area contributed by atoms with Gasteiger partial charge in [0.2, 0.25) is 0 Å². The molecule has 2 nitrogen and oxygen atoms in total. The number of thiophene rings is 1. The van der Waals surface area contributed by atoms with Crippen LogP contribution in [0.25, 0.3) is 0 Å². The molecule has 0 aliphatic heterocycles. The molecule has 0 fully saturated rings. The van der Waals surface area contributed by atoms with Gasteiger partial charge in [-0.3, -0.25) is 4.79 Å². The highest BCUT2D eigenvalue weighted by molar-refractivity contribution is 9.12. The van der Waals surface area contributed by atoms with E-state index in [9.17, 15) is 4.79 Å². The van der Waals surface area contributed by atoms with Crippen LogP contribution in [0.1, 0.15) is 35.7 Å². The third kappa shape index (κ3) is 4.17. The van der Waals surface area contributed by atoms with Gasteiger partial charge in [0.05, 0.1) is 13.1 Å². The molecule has 106 valence electrons. The number of carbonyl (C=O) groups excluding carboxylic acids is 1. The van der Waals surface area contributed by atoms with Gasteiger partial charge in [-0.05, 0) is 68.5 Å². The summed E-state index contributed by atoms with van der Waals surface area (Å²) in [6, 6.07) is 9.88. The van der Waals surface area contributed by atoms with Gasteiger partial charge in [0.15, 0.2) is 0 Å². The molecule has 1 heterocycles. The van der Waals surface area contributed by atoms with Gasteiger partial charge in [-0.1, -0.05) is 25.5 Å². The molecule has 1 amide bonds. The number of nitrogens with one attached hydrogen (secondary N) is 1. The molecule has 0 aliphatic carbocycles. The first-order chi connectivity index (χ1) is 9.60. The highest BCUT2D eigenvalue weighted by atomic mass is 79.9. The van der Waals surface area contributed by atoms with Gasteiger partial charge in [-0.15, -0.1) is 11.3 Å². The summed E-state index contributed by atoms with van der Waals surface area (Å²) in [4.78, 5) is 12.1. The highest BCUT2D eigenvalue weighted by Crippen LogP contribution is 2.32. The summed E-state index contributed by atoms with van der Waals surface area (Å²) < 4.78 is 1.77. The van der Waals surface area contributed by atoms with Gasteiger partial charge in [0, 0.05) is 5.69 Å². The number of hydrogen-bond donors (Lipinski definition) is 1. The van der Waals surface area contributed by atoms with Gasteiger partial charge in [0.1, 0.15) is 0 Å². The van der Waals surface area contributed by atoms with E-state index in [1.54, 1.807) is 0 Å². The Morgan fingerprint density at radius 2 is 1.95 bits per heavy atom. The van der Waals surface area contributed by atoms with Crippen molar-refractivity contribution in [1.82, 2.24) is 0 Å². The van der Waals surface area contributed by atoms with E-state index in [0.717, 1.165) is 19.7 Å². The first-order valence-corrected chi connectivity index (χ1v) is 8.85. The van der Waals surface area contributed by atoms with Crippen LogP contribution in [0, 0.1) is 0 Å². The van der Waals surface area contributed by atoms with Crippen LogP contribution < -0.4 is 5.32 Å². The van der Waals surface area contributed by atoms with Crippen molar-refractivity contribution < 1.29 is 4.79 Å². The molecule has 0 radical (unpaired) electrons. The second kappa shape index (κ2) is 7.38. The maximum Gasteiger partial charge on any atom is 0.257 e. The summed E-state index contributed by atoms with van der Waals surface area (Å²) in [6.45, 7) is 2.19. The van der Waals surface area contributed by atoms with Gasteiger partial charge in [0.25, 0.3) is 5.91 Å². The molecule has 0 spiro atoms. The standard InChI is InChI=1S/C15H15Br2NOS/c1-2-3-4-10-5-7-11(8-6-10)18-15(19)12-9-13(16)20-14(12)17/h5-9H,2-4H2,1H3,(H,18,19). The van der Waals surface area contributed by atoms with Crippen LogP contribution in [0.5, 0.6) is 0 Å². The Morgan fingerprint density at radius 1 is 1.25 bits per heavy atom. The Hall–Kier alpha value is -0.650. The minimum atomic E-state index is -0.0971. The van der Waals surface area contributed by atoms with E-state index in [2.05, 4.69) is 56.2 Å². The quantitative estimate of drug-likeness (QED) is 0.648. The fraction of sp³-hybridized carbons (Fsp3) is 0.267. The average molecular weight is 417 g/mol. The van der Waals surface area contributed by atoms with E-state index in [4.69, 9.17) is 0 Å². The van der Waals surface area contributed by atoms with Crippen molar-refractivity contribution in [2.75, 3.05) is 5.32 Å². The molecule has 0 saturated heterocycles. The van der Waals surface area contributed by atoms with Crippen molar-refractivity contribution in [2.24, 2.45) is 0 Å². The number of amides is 1. The zero-order chi connectivity index (χ0) is 14.5. The monoisotopic (exact) mass is 415 g/mol. The van der Waals surface area contributed by atoms with E-state index in [0.29, 0.717) is 5.56 Å². The smallest absolute Gasteiger partial charge is 0.257 e. The lowest BCUT2D eigenvalue weighted by Gasteiger charge is -2.06. The summed E-state index contributed by atoms with van der Waals surface area (Å²) in [5.41, 5.74) is 2.78. The molecule has 0 bridgehead atoms. The summed E-state index contributed by atoms with van der Waals surface area (Å²) in [6.07, 6.45) is 3.48. The van der Waals surface area contributed by atoms with E-state index >= 15 is 0 Å². The maximum atomic E-state index is 12.1. The molecule has 1 aromatic carbocycles. The number of unbranched alkanes of at least 4 members (excludes halogenated alkanes) is 1. The third-order valence-corrected chi connectivity index (χ3v) is 5.27. The minimum absolute atomic E-state index is 0.0971. The summed E-state index contributed by atoms with van der Waals surface area (Å²) in [7, 11) is 0. The first kappa shape index (κ1) is 15.7. The van der Waals surface area contributed by atoms with Gasteiger partial charge in [-0.2, -0.15) is 0 Å². The fourth-order valence-corrected chi connectivity index (χ4v) is 4.62. The van der Waals surface area contributed by atoms with Crippen LogP contribution >= 0.6 is 43.2 Å². The first-order valence-electron chi connectivity index (χ1n) is 6.45. The summed E-state index contributed by atoms with van der Waals surface area (Å²) in [5.74, 6) is -0.0971. The fourth-order valence-electron chi connectivity index (χ4n) is 1.83. The molecular formula is C15H15Br2NOS. The lowest BCUT2D eigenvalue weighted by atomic mass is 10.1. The van der Waals surface area contributed by atoms with Crippen molar-refractivity contribution in [3.05, 3.63) is 49.0 Å². The molecular weight excluding hydrogens is 402 g/mol. The van der Waals surface area contributed by atoms with E-state index in [1.165, 1.54) is 29.7 Å². The lowest BCUT2D eigenvalue weighted by Crippen LogP contribution is -2.11. The zero-order valence-corrected chi connectivity index (χ0v) is 15.1. The zero-order valence-electron chi connectivity index (χ0n) is 11.1. The van der Waals surface area contributed by atoms with Crippen LogP contribution in [0.3, 0.4) is 0 Å². The Labute approximate surface area is 139 Å². The van der Waals surface area contributed by atoms with Crippen LogP contribution in [-0.2, 0) is 6.42 Å². The average Bonchev–Trinajstić information content (AvgIpc) is 2.77. The van der Waals surface area contributed by atoms with Crippen molar-refractivity contribution >= 4 is 54.8 Å². The minimum Gasteiger partial charge on any atom is -0.322 e. The van der Waals surface area contributed by atoms with E-state index in [1.807, 2.05) is 18.2 Å². The number of hydrogen-bond acceptors (Lipinski definition) is 2. The molecule has 20 heavy (non-hydrogen) atoms. The molecule has 2 rings (SSSR count).